The van der Waals surface area contributed by atoms with Gasteiger partial charge in [0.1, 0.15) is 5.75 Å². The Hall–Kier alpha value is -2.82. The second-order valence-electron chi connectivity index (χ2n) is 6.71. The fourth-order valence-corrected chi connectivity index (χ4v) is 3.17. The van der Waals surface area contributed by atoms with E-state index in [1.807, 2.05) is 45.0 Å². The van der Waals surface area contributed by atoms with Crippen LogP contribution in [0, 0.1) is 0 Å². The van der Waals surface area contributed by atoms with E-state index < -0.39 is 5.97 Å². The first kappa shape index (κ1) is 18.0. The van der Waals surface area contributed by atoms with E-state index in [1.54, 1.807) is 29.2 Å². The molecule has 0 aliphatic carbocycles. The molecular formula is C21H23NO4. The van der Waals surface area contributed by atoms with Gasteiger partial charge in [-0.3, -0.25) is 4.79 Å². The molecule has 2 aromatic carbocycles. The number of hydrogen-bond donors (Lipinski definition) is 0. The molecule has 0 aromatic heterocycles. The first-order chi connectivity index (χ1) is 12.5. The van der Waals surface area contributed by atoms with Gasteiger partial charge >= 0.3 is 5.97 Å². The second-order valence-corrected chi connectivity index (χ2v) is 6.71. The maximum absolute atomic E-state index is 12.6. The van der Waals surface area contributed by atoms with Crippen LogP contribution in [0.25, 0.3) is 0 Å². The van der Waals surface area contributed by atoms with Gasteiger partial charge in [0.25, 0.3) is 5.91 Å². The summed E-state index contributed by atoms with van der Waals surface area (Å²) in [5.41, 5.74) is 2.43. The molecule has 5 heteroatoms. The SMILES string of the molecule is CC(C)Oc1ccc(C(=O)OCC(=O)N2c3ccccc3C[C@H]2C)cc1. The van der Waals surface area contributed by atoms with E-state index in [9.17, 15) is 9.59 Å². The van der Waals surface area contributed by atoms with Crippen LogP contribution in [0.3, 0.4) is 0 Å². The molecule has 0 radical (unpaired) electrons. The van der Waals surface area contributed by atoms with Gasteiger partial charge in [-0.2, -0.15) is 0 Å². The zero-order chi connectivity index (χ0) is 18.7. The fourth-order valence-electron chi connectivity index (χ4n) is 3.17. The lowest BCUT2D eigenvalue weighted by atomic mass is 10.1. The lowest BCUT2D eigenvalue weighted by Crippen LogP contribution is -2.38. The molecular weight excluding hydrogens is 330 g/mol. The predicted octanol–water partition coefficient (Wildman–Crippen LogP) is 3.61. The van der Waals surface area contributed by atoms with Gasteiger partial charge in [0.05, 0.1) is 11.7 Å². The monoisotopic (exact) mass is 353 g/mol. The molecule has 0 bridgehead atoms. The molecule has 1 aliphatic rings. The van der Waals surface area contributed by atoms with E-state index in [0.717, 1.165) is 17.7 Å². The van der Waals surface area contributed by atoms with Crippen molar-refractivity contribution in [2.75, 3.05) is 11.5 Å². The van der Waals surface area contributed by atoms with Crippen LogP contribution in [-0.4, -0.2) is 30.6 Å². The third-order valence-electron chi connectivity index (χ3n) is 4.26. The number of hydrogen-bond acceptors (Lipinski definition) is 4. The summed E-state index contributed by atoms with van der Waals surface area (Å²) in [5, 5.41) is 0. The Kier molecular flexibility index (Phi) is 5.26. The number of anilines is 1. The summed E-state index contributed by atoms with van der Waals surface area (Å²) in [6.45, 7) is 5.59. The number of para-hydroxylation sites is 1. The Morgan fingerprint density at radius 2 is 1.81 bits per heavy atom. The highest BCUT2D eigenvalue weighted by Gasteiger charge is 2.31. The molecule has 136 valence electrons. The van der Waals surface area contributed by atoms with Crippen molar-refractivity contribution in [3.8, 4) is 5.75 Å². The smallest absolute Gasteiger partial charge is 0.338 e. The number of fused-ring (bicyclic) bond motifs is 1. The standard InChI is InChI=1S/C21H23NO4/c1-14(2)26-18-10-8-16(9-11-18)21(24)25-13-20(23)22-15(3)12-17-6-4-5-7-19(17)22/h4-11,14-15H,12-13H2,1-3H3/t15-/m1/s1. The van der Waals surface area contributed by atoms with Crippen molar-refractivity contribution < 1.29 is 19.1 Å². The molecule has 0 fully saturated rings. The molecule has 1 atom stereocenters. The summed E-state index contributed by atoms with van der Waals surface area (Å²) >= 11 is 0. The summed E-state index contributed by atoms with van der Waals surface area (Å²) in [6.07, 6.45) is 0.878. The molecule has 0 spiro atoms. The Morgan fingerprint density at radius 1 is 1.12 bits per heavy atom. The molecule has 0 saturated heterocycles. The number of amides is 1. The number of rotatable bonds is 5. The van der Waals surface area contributed by atoms with Crippen molar-refractivity contribution in [1.82, 2.24) is 0 Å². The molecule has 1 amide bonds. The normalized spacial score (nSPS) is 15.7. The highest BCUT2D eigenvalue weighted by molar-refractivity contribution is 5.99. The lowest BCUT2D eigenvalue weighted by Gasteiger charge is -2.22. The van der Waals surface area contributed by atoms with Gasteiger partial charge in [-0.15, -0.1) is 0 Å². The van der Waals surface area contributed by atoms with Crippen LogP contribution in [0.5, 0.6) is 5.75 Å². The van der Waals surface area contributed by atoms with Gasteiger partial charge < -0.3 is 14.4 Å². The molecule has 1 heterocycles. The van der Waals surface area contributed by atoms with Crippen LogP contribution in [0.4, 0.5) is 5.69 Å². The van der Waals surface area contributed by atoms with Gasteiger partial charge in [-0.25, -0.2) is 4.79 Å². The number of nitrogens with zero attached hydrogens (tertiary/aromatic N) is 1. The molecule has 0 saturated carbocycles. The summed E-state index contributed by atoms with van der Waals surface area (Å²) < 4.78 is 10.8. The number of carbonyl (C=O) groups is 2. The lowest BCUT2D eigenvalue weighted by molar-refractivity contribution is -0.122. The molecule has 26 heavy (non-hydrogen) atoms. The maximum atomic E-state index is 12.6. The van der Waals surface area contributed by atoms with E-state index in [2.05, 4.69) is 0 Å². The van der Waals surface area contributed by atoms with Crippen molar-refractivity contribution >= 4 is 17.6 Å². The largest absolute Gasteiger partial charge is 0.491 e. The number of esters is 1. The highest BCUT2D eigenvalue weighted by Crippen LogP contribution is 2.31. The summed E-state index contributed by atoms with van der Waals surface area (Å²) in [6, 6.07) is 14.6. The topological polar surface area (TPSA) is 55.8 Å². The number of ether oxygens (including phenoxy) is 2. The van der Waals surface area contributed by atoms with Crippen molar-refractivity contribution in [3.63, 3.8) is 0 Å². The maximum Gasteiger partial charge on any atom is 0.338 e. The first-order valence-electron chi connectivity index (χ1n) is 8.79. The molecule has 0 unspecified atom stereocenters. The highest BCUT2D eigenvalue weighted by atomic mass is 16.5. The molecule has 0 N–H and O–H groups in total. The summed E-state index contributed by atoms with van der Waals surface area (Å²) in [4.78, 5) is 26.5. The zero-order valence-electron chi connectivity index (χ0n) is 15.3. The van der Waals surface area contributed by atoms with E-state index in [4.69, 9.17) is 9.47 Å². The van der Waals surface area contributed by atoms with Crippen molar-refractivity contribution in [2.24, 2.45) is 0 Å². The van der Waals surface area contributed by atoms with Crippen molar-refractivity contribution in [3.05, 3.63) is 59.7 Å². The van der Waals surface area contributed by atoms with E-state index >= 15 is 0 Å². The first-order valence-corrected chi connectivity index (χ1v) is 8.79. The molecule has 2 aromatic rings. The van der Waals surface area contributed by atoms with E-state index in [0.29, 0.717) is 11.3 Å². The predicted molar refractivity (Wildman–Crippen MR) is 99.6 cm³/mol. The fraction of sp³-hybridized carbons (Fsp3) is 0.333. The van der Waals surface area contributed by atoms with Gasteiger partial charge in [-0.05, 0) is 63.1 Å². The molecule has 5 nitrogen and oxygen atoms in total. The summed E-state index contributed by atoms with van der Waals surface area (Å²) in [5.74, 6) is -0.0414. The minimum absolute atomic E-state index is 0.0612. The van der Waals surface area contributed by atoms with Gasteiger partial charge in [0.15, 0.2) is 6.61 Å². The van der Waals surface area contributed by atoms with Crippen LogP contribution in [-0.2, 0) is 16.0 Å². The minimum Gasteiger partial charge on any atom is -0.491 e. The Bertz CT molecular complexity index is 798. The minimum atomic E-state index is -0.519. The Balaban J connectivity index is 1.60. The van der Waals surface area contributed by atoms with E-state index in [1.165, 1.54) is 0 Å². The number of benzene rings is 2. The number of carbonyl (C=O) groups excluding carboxylic acids is 2. The van der Waals surface area contributed by atoms with Crippen LogP contribution in [0.1, 0.15) is 36.7 Å². The quantitative estimate of drug-likeness (QED) is 0.771. The van der Waals surface area contributed by atoms with Gasteiger partial charge in [0.2, 0.25) is 0 Å². The Labute approximate surface area is 153 Å². The van der Waals surface area contributed by atoms with Crippen molar-refractivity contribution in [1.29, 1.82) is 0 Å². The Morgan fingerprint density at radius 3 is 2.50 bits per heavy atom. The van der Waals surface area contributed by atoms with Gasteiger partial charge in [0, 0.05) is 11.7 Å². The van der Waals surface area contributed by atoms with E-state index in [-0.39, 0.29) is 24.7 Å². The van der Waals surface area contributed by atoms with Crippen LogP contribution < -0.4 is 9.64 Å². The molecule has 3 rings (SSSR count). The second kappa shape index (κ2) is 7.60. The third-order valence-corrected chi connectivity index (χ3v) is 4.26. The third kappa shape index (κ3) is 3.87. The van der Waals surface area contributed by atoms with Gasteiger partial charge in [-0.1, -0.05) is 18.2 Å². The van der Waals surface area contributed by atoms with Crippen molar-refractivity contribution in [2.45, 2.75) is 39.3 Å². The van der Waals surface area contributed by atoms with Crippen LogP contribution >= 0.6 is 0 Å². The van der Waals surface area contributed by atoms with Crippen LogP contribution in [0.15, 0.2) is 48.5 Å². The molecule has 1 aliphatic heterocycles. The zero-order valence-corrected chi connectivity index (χ0v) is 15.3. The van der Waals surface area contributed by atoms with Crippen LogP contribution in [0.2, 0.25) is 0 Å². The average molecular weight is 353 g/mol. The summed E-state index contributed by atoms with van der Waals surface area (Å²) in [7, 11) is 0. The average Bonchev–Trinajstić information content (AvgIpc) is 2.95.